The number of hydrogen-bond acceptors (Lipinski definition) is 5. The Morgan fingerprint density at radius 2 is 2.11 bits per heavy atom. The van der Waals surface area contributed by atoms with Gasteiger partial charge in [0, 0.05) is 13.2 Å². The third-order valence-corrected chi connectivity index (χ3v) is 3.14. The van der Waals surface area contributed by atoms with E-state index in [9.17, 15) is 0 Å². The van der Waals surface area contributed by atoms with Crippen LogP contribution < -0.4 is 0 Å². The molecule has 0 spiro atoms. The van der Waals surface area contributed by atoms with Crippen molar-refractivity contribution in [2.45, 2.75) is 58.7 Å². The molecular formula is C13H23N3O3. The van der Waals surface area contributed by atoms with E-state index in [1.165, 1.54) is 0 Å². The lowest BCUT2D eigenvalue weighted by atomic mass is 10.2. The lowest BCUT2D eigenvalue weighted by molar-refractivity contribution is -0.142. The summed E-state index contributed by atoms with van der Waals surface area (Å²) in [6, 6.07) is 0. The van der Waals surface area contributed by atoms with Crippen LogP contribution in [0, 0.1) is 0 Å². The molecule has 108 valence electrons. The van der Waals surface area contributed by atoms with Crippen molar-refractivity contribution in [3.05, 3.63) is 11.9 Å². The number of ether oxygens (including phenoxy) is 3. The van der Waals surface area contributed by atoms with Crippen LogP contribution >= 0.6 is 0 Å². The molecule has 1 aliphatic heterocycles. The summed E-state index contributed by atoms with van der Waals surface area (Å²) in [6.45, 7) is 7.88. The summed E-state index contributed by atoms with van der Waals surface area (Å²) in [5, 5.41) is 8.24. The maximum Gasteiger partial charge on any atom is 0.204 e. The Labute approximate surface area is 114 Å². The molecule has 6 heteroatoms. The lowest BCUT2D eigenvalue weighted by Gasteiger charge is -2.13. The molecule has 19 heavy (non-hydrogen) atoms. The van der Waals surface area contributed by atoms with E-state index in [4.69, 9.17) is 14.2 Å². The van der Waals surface area contributed by atoms with Crippen molar-refractivity contribution >= 4 is 0 Å². The topological polar surface area (TPSA) is 58.4 Å². The van der Waals surface area contributed by atoms with Crippen LogP contribution in [0.4, 0.5) is 0 Å². The quantitative estimate of drug-likeness (QED) is 0.708. The zero-order chi connectivity index (χ0) is 13.7. The second-order valence-corrected chi connectivity index (χ2v) is 4.75. The van der Waals surface area contributed by atoms with Gasteiger partial charge in [0.15, 0.2) is 0 Å². The molecular weight excluding hydrogens is 246 g/mol. The minimum Gasteiger partial charge on any atom is -0.373 e. The monoisotopic (exact) mass is 269 g/mol. The molecule has 0 bridgehead atoms. The van der Waals surface area contributed by atoms with Crippen LogP contribution in [0.2, 0.25) is 0 Å². The largest absolute Gasteiger partial charge is 0.373 e. The SMILES string of the molecule is CCOC(OCC)c1cn(CC2CCC(C)O2)nn1. The Balaban J connectivity index is 1.93. The molecule has 2 atom stereocenters. The molecule has 2 heterocycles. The Morgan fingerprint density at radius 3 is 2.68 bits per heavy atom. The van der Waals surface area contributed by atoms with E-state index in [-0.39, 0.29) is 6.10 Å². The van der Waals surface area contributed by atoms with E-state index < -0.39 is 6.29 Å². The van der Waals surface area contributed by atoms with Crippen molar-refractivity contribution in [2.75, 3.05) is 13.2 Å². The highest BCUT2D eigenvalue weighted by atomic mass is 16.7. The van der Waals surface area contributed by atoms with Crippen molar-refractivity contribution < 1.29 is 14.2 Å². The number of hydrogen-bond donors (Lipinski definition) is 0. The molecule has 2 unspecified atom stereocenters. The highest BCUT2D eigenvalue weighted by Crippen LogP contribution is 2.21. The van der Waals surface area contributed by atoms with Gasteiger partial charge in [0.1, 0.15) is 5.69 Å². The van der Waals surface area contributed by atoms with Crippen molar-refractivity contribution in [2.24, 2.45) is 0 Å². The van der Waals surface area contributed by atoms with Gasteiger partial charge in [-0.1, -0.05) is 5.21 Å². The Bertz CT molecular complexity index is 377. The fraction of sp³-hybridized carbons (Fsp3) is 0.846. The Morgan fingerprint density at radius 1 is 1.37 bits per heavy atom. The second kappa shape index (κ2) is 6.98. The number of aromatic nitrogens is 3. The first-order valence-corrected chi connectivity index (χ1v) is 7.01. The van der Waals surface area contributed by atoms with E-state index >= 15 is 0 Å². The van der Waals surface area contributed by atoms with Gasteiger partial charge in [-0.2, -0.15) is 0 Å². The Kier molecular flexibility index (Phi) is 5.30. The summed E-state index contributed by atoms with van der Waals surface area (Å²) < 4.78 is 18.6. The molecule has 2 rings (SSSR count). The second-order valence-electron chi connectivity index (χ2n) is 4.75. The van der Waals surface area contributed by atoms with Crippen molar-refractivity contribution in [1.82, 2.24) is 15.0 Å². The minimum atomic E-state index is -0.424. The summed E-state index contributed by atoms with van der Waals surface area (Å²) >= 11 is 0. The van der Waals surface area contributed by atoms with E-state index in [2.05, 4.69) is 17.2 Å². The van der Waals surface area contributed by atoms with Gasteiger partial charge < -0.3 is 14.2 Å². The van der Waals surface area contributed by atoms with Crippen molar-refractivity contribution in [3.8, 4) is 0 Å². The predicted molar refractivity (Wildman–Crippen MR) is 69.6 cm³/mol. The van der Waals surface area contributed by atoms with Gasteiger partial charge in [0.25, 0.3) is 0 Å². The first-order chi connectivity index (χ1) is 9.22. The van der Waals surface area contributed by atoms with Gasteiger partial charge in [-0.05, 0) is 33.6 Å². The van der Waals surface area contributed by atoms with Gasteiger partial charge in [-0.25, -0.2) is 4.68 Å². The standard InChI is InChI=1S/C13H23N3O3/c1-4-17-13(18-5-2)12-9-16(15-14-12)8-11-7-6-10(3)19-11/h9-11,13H,4-8H2,1-3H3. The third kappa shape index (κ3) is 3.99. The summed E-state index contributed by atoms with van der Waals surface area (Å²) in [6.07, 6.45) is 4.24. The van der Waals surface area contributed by atoms with E-state index in [0.717, 1.165) is 25.1 Å². The average Bonchev–Trinajstić information content (AvgIpc) is 2.99. The first kappa shape index (κ1) is 14.4. The fourth-order valence-corrected chi connectivity index (χ4v) is 2.26. The van der Waals surface area contributed by atoms with Gasteiger partial charge in [0.2, 0.25) is 6.29 Å². The minimum absolute atomic E-state index is 0.238. The zero-order valence-corrected chi connectivity index (χ0v) is 11.9. The fourth-order valence-electron chi connectivity index (χ4n) is 2.26. The molecule has 0 aliphatic carbocycles. The van der Waals surface area contributed by atoms with E-state index in [1.54, 1.807) is 0 Å². The first-order valence-electron chi connectivity index (χ1n) is 7.01. The summed E-state index contributed by atoms with van der Waals surface area (Å²) in [5.74, 6) is 0. The molecule has 0 amide bonds. The smallest absolute Gasteiger partial charge is 0.204 e. The van der Waals surface area contributed by atoms with Crippen LogP contribution in [-0.4, -0.2) is 40.4 Å². The van der Waals surface area contributed by atoms with Gasteiger partial charge in [-0.3, -0.25) is 0 Å². The number of nitrogens with zero attached hydrogens (tertiary/aromatic N) is 3. The van der Waals surface area contributed by atoms with Crippen LogP contribution in [0.25, 0.3) is 0 Å². The molecule has 0 saturated carbocycles. The van der Waals surface area contributed by atoms with Crippen LogP contribution in [-0.2, 0) is 20.8 Å². The summed E-state index contributed by atoms with van der Waals surface area (Å²) in [4.78, 5) is 0. The Hall–Kier alpha value is -0.980. The lowest BCUT2D eigenvalue weighted by Crippen LogP contribution is -2.17. The molecule has 6 nitrogen and oxygen atoms in total. The van der Waals surface area contributed by atoms with Gasteiger partial charge >= 0.3 is 0 Å². The molecule has 0 radical (unpaired) electrons. The normalized spacial score (nSPS) is 23.4. The third-order valence-electron chi connectivity index (χ3n) is 3.14. The van der Waals surface area contributed by atoms with E-state index in [0.29, 0.717) is 19.3 Å². The maximum absolute atomic E-state index is 5.78. The highest BCUT2D eigenvalue weighted by molar-refractivity contribution is 4.95. The van der Waals surface area contributed by atoms with Crippen LogP contribution in [0.5, 0.6) is 0 Å². The van der Waals surface area contributed by atoms with Crippen LogP contribution in [0.1, 0.15) is 45.6 Å². The molecule has 1 aliphatic rings. The van der Waals surface area contributed by atoms with Crippen LogP contribution in [0.3, 0.4) is 0 Å². The molecule has 0 aromatic carbocycles. The van der Waals surface area contributed by atoms with Gasteiger partial charge in [-0.15, -0.1) is 5.10 Å². The molecule has 1 fully saturated rings. The van der Waals surface area contributed by atoms with Crippen molar-refractivity contribution in [1.29, 1.82) is 0 Å². The number of rotatable bonds is 7. The predicted octanol–water partition coefficient (Wildman–Crippen LogP) is 1.92. The van der Waals surface area contributed by atoms with Gasteiger partial charge in [0.05, 0.1) is 24.9 Å². The maximum atomic E-state index is 5.78. The van der Waals surface area contributed by atoms with Crippen molar-refractivity contribution in [3.63, 3.8) is 0 Å². The highest BCUT2D eigenvalue weighted by Gasteiger charge is 2.23. The molecule has 1 aromatic heterocycles. The van der Waals surface area contributed by atoms with Crippen LogP contribution in [0.15, 0.2) is 6.20 Å². The average molecular weight is 269 g/mol. The summed E-state index contributed by atoms with van der Waals surface area (Å²) in [7, 11) is 0. The molecule has 1 aromatic rings. The molecule has 1 saturated heterocycles. The van der Waals surface area contributed by atoms with E-state index in [1.807, 2.05) is 24.7 Å². The zero-order valence-electron chi connectivity index (χ0n) is 11.9. The summed E-state index contributed by atoms with van der Waals surface area (Å²) in [5.41, 5.74) is 0.717. The molecule has 0 N–H and O–H groups in total.